The second-order valence-electron chi connectivity index (χ2n) is 5.25. The zero-order valence-corrected chi connectivity index (χ0v) is 14.5. The first-order valence-electron chi connectivity index (χ1n) is 7.21. The predicted octanol–water partition coefficient (Wildman–Crippen LogP) is 3.61. The van der Waals surface area contributed by atoms with Gasteiger partial charge in [0, 0.05) is 11.8 Å². The number of halogens is 2. The Morgan fingerprint density at radius 2 is 2.22 bits per heavy atom. The highest BCUT2D eigenvalue weighted by Crippen LogP contribution is 2.40. The summed E-state index contributed by atoms with van der Waals surface area (Å²) < 4.78 is 15.8. The molecule has 3 atom stereocenters. The zero-order chi connectivity index (χ0) is 16.4. The van der Waals surface area contributed by atoms with Gasteiger partial charge in [-0.05, 0) is 12.0 Å². The molecule has 1 N–H and O–H groups in total. The van der Waals surface area contributed by atoms with Crippen LogP contribution in [-0.2, 0) is 4.79 Å². The van der Waals surface area contributed by atoms with Crippen LogP contribution in [0.3, 0.4) is 0 Å². The first-order valence-corrected chi connectivity index (χ1v) is 9.21. The molecule has 0 bridgehead atoms. The second kappa shape index (κ2) is 7.00. The number of nitrogens with zero attached hydrogens (tertiary/aromatic N) is 3. The van der Waals surface area contributed by atoms with Crippen molar-refractivity contribution in [2.75, 3.05) is 5.33 Å². The lowest BCUT2D eigenvalue weighted by atomic mass is 10.0. The lowest BCUT2D eigenvalue weighted by Gasteiger charge is -2.11. The Balaban J connectivity index is 1.85. The van der Waals surface area contributed by atoms with Crippen molar-refractivity contribution in [3.8, 4) is 0 Å². The maximum Gasteiger partial charge on any atom is 0.317 e. The second-order valence-corrected chi connectivity index (χ2v) is 7.21. The summed E-state index contributed by atoms with van der Waals surface area (Å²) in [6.07, 6.45) is -0.416. The van der Waals surface area contributed by atoms with Crippen molar-refractivity contribution in [1.82, 2.24) is 14.8 Å². The number of carboxylic acids is 1. The van der Waals surface area contributed by atoms with Crippen LogP contribution >= 0.6 is 27.7 Å². The van der Waals surface area contributed by atoms with Crippen LogP contribution in [0.1, 0.15) is 36.4 Å². The molecule has 5 nitrogen and oxygen atoms in total. The molecule has 3 rings (SSSR count). The third-order valence-electron chi connectivity index (χ3n) is 3.72. The van der Waals surface area contributed by atoms with Crippen molar-refractivity contribution in [3.63, 3.8) is 0 Å². The van der Waals surface area contributed by atoms with E-state index < -0.39 is 17.4 Å². The van der Waals surface area contributed by atoms with E-state index in [1.54, 1.807) is 4.68 Å². The Bertz CT molecular complexity index is 697. The van der Waals surface area contributed by atoms with Gasteiger partial charge in [0.05, 0.1) is 6.04 Å². The number of fused-ring (bicyclic) bond motifs is 1. The maximum absolute atomic E-state index is 14.3. The molecule has 1 aliphatic rings. The van der Waals surface area contributed by atoms with Gasteiger partial charge in [0.25, 0.3) is 0 Å². The highest BCUT2D eigenvalue weighted by molar-refractivity contribution is 9.09. The third-order valence-corrected chi connectivity index (χ3v) is 5.29. The van der Waals surface area contributed by atoms with E-state index in [0.717, 1.165) is 17.3 Å². The van der Waals surface area contributed by atoms with Gasteiger partial charge in [-0.3, -0.25) is 4.79 Å². The van der Waals surface area contributed by atoms with Gasteiger partial charge in [0.1, 0.15) is 5.25 Å². The molecule has 8 heteroatoms. The summed E-state index contributed by atoms with van der Waals surface area (Å²) in [6.45, 7) is 0. The number of aliphatic carboxylic acids is 1. The summed E-state index contributed by atoms with van der Waals surface area (Å²) in [5, 5.41) is 13.8. The Labute approximate surface area is 145 Å². The number of carbonyl (C=O) groups is 1. The number of rotatable bonds is 6. The molecule has 1 aliphatic heterocycles. The molecule has 122 valence electrons. The van der Waals surface area contributed by atoms with Crippen molar-refractivity contribution in [2.45, 2.75) is 35.5 Å². The van der Waals surface area contributed by atoms with Gasteiger partial charge >= 0.3 is 5.97 Å². The lowest BCUT2D eigenvalue weighted by Crippen LogP contribution is -2.17. The Hall–Kier alpha value is -1.41. The summed E-state index contributed by atoms with van der Waals surface area (Å²) >= 11 is 4.31. The Kier molecular flexibility index (Phi) is 5.01. The molecule has 0 fully saturated rings. The molecular weight excluding hydrogens is 385 g/mol. The standard InChI is InChI=1S/C15H15BrFN3O2S/c16-7-6-12(14(21)22)23-15-18-13-10(17)8-11(20(13)19-15)9-4-2-1-3-5-9/h1-5,10-12H,6-8H2,(H,21,22)/t10-,11-,12?/m0/s1. The van der Waals surface area contributed by atoms with E-state index in [0.29, 0.717) is 23.3 Å². The van der Waals surface area contributed by atoms with Gasteiger partial charge in [-0.25, -0.2) is 14.1 Å². The Morgan fingerprint density at radius 1 is 1.48 bits per heavy atom. The average Bonchev–Trinajstić information content (AvgIpc) is 3.08. The minimum absolute atomic E-state index is 0.192. The number of alkyl halides is 2. The molecular formula is C15H15BrFN3O2S. The number of thioether (sulfide) groups is 1. The van der Waals surface area contributed by atoms with Crippen molar-refractivity contribution in [1.29, 1.82) is 0 Å². The molecule has 0 saturated heterocycles. The summed E-state index contributed by atoms with van der Waals surface area (Å²) in [7, 11) is 0. The first-order chi connectivity index (χ1) is 11.1. The predicted molar refractivity (Wildman–Crippen MR) is 88.8 cm³/mol. The van der Waals surface area contributed by atoms with Crippen LogP contribution in [0.2, 0.25) is 0 Å². The van der Waals surface area contributed by atoms with E-state index in [9.17, 15) is 14.3 Å². The smallest absolute Gasteiger partial charge is 0.317 e. The van der Waals surface area contributed by atoms with Crippen molar-refractivity contribution in [3.05, 3.63) is 41.7 Å². The third kappa shape index (κ3) is 3.42. The van der Waals surface area contributed by atoms with Crippen LogP contribution < -0.4 is 0 Å². The maximum atomic E-state index is 14.3. The topological polar surface area (TPSA) is 68.0 Å². The summed E-state index contributed by atoms with van der Waals surface area (Å²) in [6, 6.07) is 9.40. The monoisotopic (exact) mass is 399 g/mol. The van der Waals surface area contributed by atoms with Gasteiger partial charge in [-0.15, -0.1) is 5.10 Å². The van der Waals surface area contributed by atoms with E-state index in [1.807, 2.05) is 30.3 Å². The highest BCUT2D eigenvalue weighted by atomic mass is 79.9. The fourth-order valence-electron chi connectivity index (χ4n) is 2.62. The SMILES string of the molecule is O=C(O)C(CCBr)Sc1nc2n(n1)[C@H](c1ccccc1)C[C@@H]2F. The van der Waals surface area contributed by atoms with Crippen molar-refractivity contribution >= 4 is 33.7 Å². The normalized spacial score (nSPS) is 21.1. The van der Waals surface area contributed by atoms with Gasteiger partial charge in [-0.1, -0.05) is 58.0 Å². The summed E-state index contributed by atoms with van der Waals surface area (Å²) in [4.78, 5) is 15.5. The van der Waals surface area contributed by atoms with Crippen LogP contribution in [-0.4, -0.2) is 36.4 Å². The molecule has 0 spiro atoms. The minimum atomic E-state index is -1.18. The van der Waals surface area contributed by atoms with E-state index in [2.05, 4.69) is 26.0 Å². The molecule has 1 aromatic heterocycles. The quantitative estimate of drug-likeness (QED) is 0.593. The average molecular weight is 400 g/mol. The lowest BCUT2D eigenvalue weighted by molar-refractivity contribution is -0.136. The molecule has 0 aliphatic carbocycles. The number of benzene rings is 1. The molecule has 2 aromatic rings. The van der Waals surface area contributed by atoms with Crippen LogP contribution in [0.4, 0.5) is 4.39 Å². The number of carboxylic acid groups (broad SMARTS) is 1. The van der Waals surface area contributed by atoms with Crippen molar-refractivity contribution in [2.24, 2.45) is 0 Å². The minimum Gasteiger partial charge on any atom is -0.480 e. The molecule has 1 aromatic carbocycles. The summed E-state index contributed by atoms with van der Waals surface area (Å²) in [5.74, 6) is -0.634. The highest BCUT2D eigenvalue weighted by Gasteiger charge is 2.36. The summed E-state index contributed by atoms with van der Waals surface area (Å²) in [5.41, 5.74) is 0.977. The molecule has 0 saturated carbocycles. The largest absolute Gasteiger partial charge is 0.480 e. The van der Waals surface area contributed by atoms with Crippen molar-refractivity contribution < 1.29 is 14.3 Å². The van der Waals surface area contributed by atoms with E-state index >= 15 is 0 Å². The van der Waals surface area contributed by atoms with Crippen LogP contribution in [0.15, 0.2) is 35.5 Å². The van der Waals surface area contributed by atoms with E-state index in [1.165, 1.54) is 0 Å². The molecule has 0 amide bonds. The molecule has 2 heterocycles. The Morgan fingerprint density at radius 3 is 2.87 bits per heavy atom. The zero-order valence-electron chi connectivity index (χ0n) is 12.1. The number of aromatic nitrogens is 3. The first kappa shape index (κ1) is 16.4. The number of hydrogen-bond acceptors (Lipinski definition) is 4. The van der Waals surface area contributed by atoms with E-state index in [4.69, 9.17) is 0 Å². The van der Waals surface area contributed by atoms with Crippen LogP contribution in [0.5, 0.6) is 0 Å². The molecule has 0 radical (unpaired) electrons. The van der Waals surface area contributed by atoms with Gasteiger partial charge in [0.2, 0.25) is 5.16 Å². The van der Waals surface area contributed by atoms with Gasteiger partial charge in [0.15, 0.2) is 12.0 Å². The van der Waals surface area contributed by atoms with Crippen LogP contribution in [0.25, 0.3) is 0 Å². The molecule has 23 heavy (non-hydrogen) atoms. The van der Waals surface area contributed by atoms with Gasteiger partial charge in [-0.2, -0.15) is 0 Å². The fourth-order valence-corrected chi connectivity index (χ4v) is 4.25. The van der Waals surface area contributed by atoms with Crippen LogP contribution in [0, 0.1) is 0 Å². The van der Waals surface area contributed by atoms with E-state index in [-0.39, 0.29) is 11.9 Å². The fraction of sp³-hybridized carbons (Fsp3) is 0.400. The molecule has 1 unspecified atom stereocenters. The van der Waals surface area contributed by atoms with Gasteiger partial charge < -0.3 is 5.11 Å². The number of hydrogen-bond donors (Lipinski definition) is 1.